The van der Waals surface area contributed by atoms with Gasteiger partial charge in [-0.25, -0.2) is 8.78 Å². The maximum atomic E-state index is 13.6. The van der Waals surface area contributed by atoms with E-state index in [9.17, 15) is 18.4 Å². The van der Waals surface area contributed by atoms with Crippen molar-refractivity contribution in [3.63, 3.8) is 0 Å². The molecular formula is C11H12F2N2O3. The van der Waals surface area contributed by atoms with Gasteiger partial charge in [0.2, 0.25) is 0 Å². The van der Waals surface area contributed by atoms with E-state index in [1.165, 1.54) is 7.05 Å². The highest BCUT2D eigenvalue weighted by molar-refractivity contribution is 5.97. The molecule has 1 aromatic carbocycles. The number of anilines is 1. The van der Waals surface area contributed by atoms with Gasteiger partial charge in [-0.2, -0.15) is 0 Å². The maximum Gasteiger partial charge on any atom is 0.325 e. The predicted molar refractivity (Wildman–Crippen MR) is 59.7 cm³/mol. The molecule has 1 aromatic rings. The second-order valence-corrected chi connectivity index (χ2v) is 3.56. The van der Waals surface area contributed by atoms with Gasteiger partial charge in [0, 0.05) is 7.05 Å². The molecule has 0 bridgehead atoms. The van der Waals surface area contributed by atoms with Gasteiger partial charge in [0.25, 0.3) is 5.91 Å². The number of ether oxygens (including phenoxy) is 1. The molecule has 0 atom stereocenters. The summed E-state index contributed by atoms with van der Waals surface area (Å²) in [5, 5.41) is 0. The largest absolute Gasteiger partial charge is 0.468 e. The first-order valence-electron chi connectivity index (χ1n) is 4.94. The van der Waals surface area contributed by atoms with Crippen LogP contribution in [0.4, 0.5) is 14.5 Å². The van der Waals surface area contributed by atoms with E-state index in [0.29, 0.717) is 0 Å². The number of esters is 1. The monoisotopic (exact) mass is 258 g/mol. The van der Waals surface area contributed by atoms with Gasteiger partial charge in [0.15, 0.2) is 5.82 Å². The fourth-order valence-electron chi connectivity index (χ4n) is 1.29. The third-order valence-electron chi connectivity index (χ3n) is 2.28. The van der Waals surface area contributed by atoms with Gasteiger partial charge in [0.1, 0.15) is 17.9 Å². The Bertz CT molecular complexity index is 491. The van der Waals surface area contributed by atoms with E-state index in [2.05, 4.69) is 4.74 Å². The Kier molecular flexibility index (Phi) is 4.19. The number of hydrogen-bond donors (Lipinski definition) is 1. The molecule has 0 aliphatic heterocycles. The number of methoxy groups -OCH3 is 1. The molecule has 0 saturated carbocycles. The molecule has 98 valence electrons. The predicted octanol–water partition coefficient (Wildman–Crippen LogP) is 0.792. The van der Waals surface area contributed by atoms with Crippen molar-refractivity contribution in [1.82, 2.24) is 4.90 Å². The Morgan fingerprint density at radius 2 is 2.00 bits per heavy atom. The Balaban J connectivity index is 3.04. The molecule has 2 N–H and O–H groups in total. The number of nitrogens with two attached hydrogens (primary N) is 1. The molecule has 0 aliphatic carbocycles. The van der Waals surface area contributed by atoms with Gasteiger partial charge in [0.05, 0.1) is 12.8 Å². The van der Waals surface area contributed by atoms with Crippen LogP contribution in [0, 0.1) is 11.6 Å². The third kappa shape index (κ3) is 2.73. The number of carbonyl (C=O) groups is 2. The summed E-state index contributed by atoms with van der Waals surface area (Å²) in [6, 6.07) is 1.90. The minimum Gasteiger partial charge on any atom is -0.468 e. The third-order valence-corrected chi connectivity index (χ3v) is 2.28. The fraction of sp³-hybridized carbons (Fsp3) is 0.273. The first-order chi connectivity index (χ1) is 8.38. The smallest absolute Gasteiger partial charge is 0.325 e. The molecule has 18 heavy (non-hydrogen) atoms. The van der Waals surface area contributed by atoms with E-state index in [4.69, 9.17) is 5.73 Å². The van der Waals surface area contributed by atoms with Crippen molar-refractivity contribution in [3.05, 3.63) is 29.3 Å². The van der Waals surface area contributed by atoms with Crippen molar-refractivity contribution < 1.29 is 23.1 Å². The quantitative estimate of drug-likeness (QED) is 0.642. The van der Waals surface area contributed by atoms with Crippen LogP contribution in [0.25, 0.3) is 0 Å². The molecule has 0 heterocycles. The van der Waals surface area contributed by atoms with Gasteiger partial charge in [-0.3, -0.25) is 9.59 Å². The van der Waals surface area contributed by atoms with Crippen LogP contribution in [0.15, 0.2) is 12.1 Å². The van der Waals surface area contributed by atoms with Crippen LogP contribution in [-0.4, -0.2) is 37.5 Å². The molecule has 0 aromatic heterocycles. The van der Waals surface area contributed by atoms with E-state index in [1.807, 2.05) is 0 Å². The molecule has 0 fully saturated rings. The molecule has 0 radical (unpaired) electrons. The molecular weight excluding hydrogens is 246 g/mol. The number of nitrogens with zero attached hydrogens (tertiary/aromatic N) is 1. The molecule has 1 rings (SSSR count). The molecule has 0 saturated heterocycles. The van der Waals surface area contributed by atoms with Gasteiger partial charge in [-0.1, -0.05) is 0 Å². The second-order valence-electron chi connectivity index (χ2n) is 3.56. The number of rotatable bonds is 3. The number of carbonyl (C=O) groups excluding carboxylic acids is 2. The first-order valence-corrected chi connectivity index (χ1v) is 4.94. The van der Waals surface area contributed by atoms with Crippen molar-refractivity contribution in [1.29, 1.82) is 0 Å². The lowest BCUT2D eigenvalue weighted by Gasteiger charge is -2.16. The highest BCUT2D eigenvalue weighted by Gasteiger charge is 2.23. The van der Waals surface area contributed by atoms with Crippen LogP contribution in [0.5, 0.6) is 0 Å². The molecule has 1 amide bonds. The number of halogens is 2. The van der Waals surface area contributed by atoms with Crippen LogP contribution < -0.4 is 5.73 Å². The van der Waals surface area contributed by atoms with Crippen LogP contribution in [-0.2, 0) is 9.53 Å². The molecule has 5 nitrogen and oxygen atoms in total. The van der Waals surface area contributed by atoms with Gasteiger partial charge in [-0.05, 0) is 12.1 Å². The van der Waals surface area contributed by atoms with Gasteiger partial charge >= 0.3 is 5.97 Å². The molecule has 0 spiro atoms. The summed E-state index contributed by atoms with van der Waals surface area (Å²) < 4.78 is 31.3. The van der Waals surface area contributed by atoms with Crippen LogP contribution in [0.2, 0.25) is 0 Å². The van der Waals surface area contributed by atoms with Crippen molar-refractivity contribution in [2.45, 2.75) is 0 Å². The summed E-state index contributed by atoms with van der Waals surface area (Å²) in [6.45, 7) is -0.414. The lowest BCUT2D eigenvalue weighted by molar-refractivity contribution is -0.141. The van der Waals surface area contributed by atoms with Crippen LogP contribution in [0.1, 0.15) is 10.4 Å². The van der Waals surface area contributed by atoms with E-state index in [1.54, 1.807) is 0 Å². The number of nitrogen functional groups attached to an aromatic ring is 1. The molecule has 7 heteroatoms. The minimum atomic E-state index is -1.14. The molecule has 0 unspecified atom stereocenters. The zero-order chi connectivity index (χ0) is 13.9. The average molecular weight is 258 g/mol. The van der Waals surface area contributed by atoms with E-state index in [-0.39, 0.29) is 5.69 Å². The zero-order valence-electron chi connectivity index (χ0n) is 9.87. The maximum absolute atomic E-state index is 13.6. The summed E-state index contributed by atoms with van der Waals surface area (Å²) >= 11 is 0. The highest BCUT2D eigenvalue weighted by atomic mass is 19.1. The molecule has 0 aliphatic rings. The number of amides is 1. The summed E-state index contributed by atoms with van der Waals surface area (Å²) in [6.07, 6.45) is 0. The van der Waals surface area contributed by atoms with Crippen molar-refractivity contribution in [2.75, 3.05) is 26.4 Å². The summed E-state index contributed by atoms with van der Waals surface area (Å²) in [5.74, 6) is -3.86. The van der Waals surface area contributed by atoms with Crippen molar-refractivity contribution in [3.8, 4) is 0 Å². The van der Waals surface area contributed by atoms with Crippen molar-refractivity contribution in [2.24, 2.45) is 0 Å². The summed E-state index contributed by atoms with van der Waals surface area (Å²) in [4.78, 5) is 23.6. The number of benzene rings is 1. The van der Waals surface area contributed by atoms with E-state index >= 15 is 0 Å². The van der Waals surface area contributed by atoms with Crippen LogP contribution >= 0.6 is 0 Å². The Hall–Kier alpha value is -2.18. The lowest BCUT2D eigenvalue weighted by atomic mass is 10.1. The normalized spacial score (nSPS) is 10.0. The zero-order valence-corrected chi connectivity index (χ0v) is 9.87. The van der Waals surface area contributed by atoms with Gasteiger partial charge in [-0.15, -0.1) is 0 Å². The first kappa shape index (κ1) is 13.9. The number of hydrogen-bond acceptors (Lipinski definition) is 4. The Morgan fingerprint density at radius 3 is 2.56 bits per heavy atom. The Morgan fingerprint density at radius 1 is 1.39 bits per heavy atom. The topological polar surface area (TPSA) is 72.6 Å². The summed E-state index contributed by atoms with van der Waals surface area (Å²) in [5.41, 5.74) is 4.12. The highest BCUT2D eigenvalue weighted by Crippen LogP contribution is 2.19. The van der Waals surface area contributed by atoms with Crippen molar-refractivity contribution >= 4 is 17.6 Å². The lowest BCUT2D eigenvalue weighted by Crippen LogP contribution is -2.34. The number of likely N-dealkylation sites (N-methyl/N-ethyl adjacent to an activating group) is 1. The average Bonchev–Trinajstić information content (AvgIpc) is 2.33. The minimum absolute atomic E-state index is 0.341. The van der Waals surface area contributed by atoms with E-state index < -0.39 is 35.6 Å². The second kappa shape index (κ2) is 5.44. The van der Waals surface area contributed by atoms with Gasteiger partial charge < -0.3 is 15.4 Å². The summed E-state index contributed by atoms with van der Waals surface area (Å²) in [7, 11) is 2.36. The standard InChI is InChI=1S/C11H12F2N2O3/c1-15(5-8(16)18-2)11(17)9-6(12)3-4-7(14)10(9)13/h3-4H,5,14H2,1-2H3. The van der Waals surface area contributed by atoms with Crippen LogP contribution in [0.3, 0.4) is 0 Å². The fourth-order valence-corrected chi connectivity index (χ4v) is 1.29. The van der Waals surface area contributed by atoms with E-state index in [0.717, 1.165) is 24.1 Å². The SMILES string of the molecule is COC(=O)CN(C)C(=O)c1c(F)ccc(N)c1F. The Labute approximate surface area is 102 Å².